The van der Waals surface area contributed by atoms with Gasteiger partial charge in [-0.1, -0.05) is 56.3 Å². The van der Waals surface area contributed by atoms with E-state index in [0.29, 0.717) is 12.4 Å². The molecule has 0 bridgehead atoms. The minimum atomic E-state index is -0.674. The van der Waals surface area contributed by atoms with Gasteiger partial charge in [0.05, 0.1) is 6.61 Å². The van der Waals surface area contributed by atoms with Gasteiger partial charge in [-0.25, -0.2) is 4.79 Å². The maximum absolute atomic E-state index is 11.3. The number of carbonyl (C=O) groups is 1. The SMILES string of the molecule is CCOC(=O)Oc1ccc(C(C)(C)c2ccccc2)cc1. The molecular weight excluding hydrogens is 264 g/mol. The Hall–Kier alpha value is -2.29. The number of hydrogen-bond acceptors (Lipinski definition) is 3. The van der Waals surface area contributed by atoms with Gasteiger partial charge in [0, 0.05) is 5.41 Å². The van der Waals surface area contributed by atoms with Crippen molar-refractivity contribution in [1.29, 1.82) is 0 Å². The van der Waals surface area contributed by atoms with Crippen LogP contribution < -0.4 is 4.74 Å². The molecule has 0 saturated heterocycles. The molecule has 110 valence electrons. The zero-order valence-electron chi connectivity index (χ0n) is 12.6. The molecule has 3 heteroatoms. The van der Waals surface area contributed by atoms with E-state index < -0.39 is 6.16 Å². The molecule has 0 spiro atoms. The Morgan fingerprint density at radius 1 is 0.952 bits per heavy atom. The van der Waals surface area contributed by atoms with Crippen molar-refractivity contribution in [3.05, 3.63) is 65.7 Å². The molecule has 21 heavy (non-hydrogen) atoms. The molecule has 0 radical (unpaired) electrons. The second-order valence-corrected chi connectivity index (χ2v) is 5.30. The van der Waals surface area contributed by atoms with Gasteiger partial charge in [-0.05, 0) is 30.2 Å². The maximum atomic E-state index is 11.3. The number of rotatable bonds is 4. The summed E-state index contributed by atoms with van der Waals surface area (Å²) in [6.07, 6.45) is -0.674. The molecule has 0 fully saturated rings. The first-order valence-corrected chi connectivity index (χ1v) is 7.04. The summed E-state index contributed by atoms with van der Waals surface area (Å²) in [7, 11) is 0. The summed E-state index contributed by atoms with van der Waals surface area (Å²) in [5, 5.41) is 0. The van der Waals surface area contributed by atoms with Crippen LogP contribution in [-0.4, -0.2) is 12.8 Å². The summed E-state index contributed by atoms with van der Waals surface area (Å²) < 4.78 is 9.82. The van der Waals surface area contributed by atoms with Crippen molar-refractivity contribution in [3.63, 3.8) is 0 Å². The van der Waals surface area contributed by atoms with E-state index in [1.807, 2.05) is 30.3 Å². The predicted molar refractivity (Wildman–Crippen MR) is 82.7 cm³/mol. The van der Waals surface area contributed by atoms with E-state index in [0.717, 1.165) is 5.56 Å². The lowest BCUT2D eigenvalue weighted by molar-refractivity contribution is 0.104. The predicted octanol–water partition coefficient (Wildman–Crippen LogP) is 4.55. The summed E-state index contributed by atoms with van der Waals surface area (Å²) in [4.78, 5) is 11.3. The molecule has 0 atom stereocenters. The average molecular weight is 284 g/mol. The fourth-order valence-corrected chi connectivity index (χ4v) is 2.20. The van der Waals surface area contributed by atoms with E-state index in [9.17, 15) is 4.79 Å². The summed E-state index contributed by atoms with van der Waals surface area (Å²) in [5.41, 5.74) is 2.29. The Kier molecular flexibility index (Phi) is 4.63. The zero-order chi connectivity index (χ0) is 15.3. The number of hydrogen-bond donors (Lipinski definition) is 0. The van der Waals surface area contributed by atoms with Crippen molar-refractivity contribution >= 4 is 6.16 Å². The van der Waals surface area contributed by atoms with Crippen LogP contribution in [0.3, 0.4) is 0 Å². The second kappa shape index (κ2) is 6.44. The summed E-state index contributed by atoms with van der Waals surface area (Å²) >= 11 is 0. The van der Waals surface area contributed by atoms with E-state index in [1.165, 1.54) is 5.56 Å². The zero-order valence-corrected chi connectivity index (χ0v) is 12.6. The Morgan fingerprint density at radius 3 is 2.10 bits per heavy atom. The van der Waals surface area contributed by atoms with Crippen LogP contribution in [0.1, 0.15) is 31.9 Å². The van der Waals surface area contributed by atoms with Gasteiger partial charge in [-0.15, -0.1) is 0 Å². The molecule has 0 saturated carbocycles. The van der Waals surface area contributed by atoms with Crippen LogP contribution in [0, 0.1) is 0 Å². The van der Waals surface area contributed by atoms with Crippen LogP contribution in [0.25, 0.3) is 0 Å². The average Bonchev–Trinajstić information content (AvgIpc) is 2.49. The van der Waals surface area contributed by atoms with E-state index >= 15 is 0 Å². The molecule has 2 aromatic rings. The molecule has 0 aliphatic rings. The third-order valence-electron chi connectivity index (χ3n) is 3.53. The summed E-state index contributed by atoms with van der Waals surface area (Å²) in [6.45, 7) is 6.39. The molecule has 0 N–H and O–H groups in total. The molecular formula is C18H20O3. The van der Waals surface area contributed by atoms with Crippen LogP contribution in [0.4, 0.5) is 4.79 Å². The minimum Gasteiger partial charge on any atom is -0.434 e. The Balaban J connectivity index is 2.17. The van der Waals surface area contributed by atoms with Crippen molar-refractivity contribution in [2.24, 2.45) is 0 Å². The van der Waals surface area contributed by atoms with Gasteiger partial charge in [-0.2, -0.15) is 0 Å². The second-order valence-electron chi connectivity index (χ2n) is 5.30. The Labute approximate surface area is 125 Å². The van der Waals surface area contributed by atoms with Crippen molar-refractivity contribution in [3.8, 4) is 5.75 Å². The van der Waals surface area contributed by atoms with Crippen molar-refractivity contribution in [1.82, 2.24) is 0 Å². The Bertz CT molecular complexity index is 586. The van der Waals surface area contributed by atoms with Gasteiger partial charge in [0.1, 0.15) is 5.75 Å². The third-order valence-corrected chi connectivity index (χ3v) is 3.53. The molecule has 0 unspecified atom stereocenters. The van der Waals surface area contributed by atoms with Crippen LogP contribution in [0.2, 0.25) is 0 Å². The molecule has 0 aliphatic carbocycles. The molecule has 3 nitrogen and oxygen atoms in total. The number of benzene rings is 2. The molecule has 0 aliphatic heterocycles. The first kappa shape index (κ1) is 15.1. The van der Waals surface area contributed by atoms with Gasteiger partial charge in [0.2, 0.25) is 0 Å². The minimum absolute atomic E-state index is 0.107. The van der Waals surface area contributed by atoms with E-state index in [4.69, 9.17) is 9.47 Å². The molecule has 2 aromatic carbocycles. The molecule has 0 aromatic heterocycles. The largest absolute Gasteiger partial charge is 0.513 e. The topological polar surface area (TPSA) is 35.5 Å². The highest BCUT2D eigenvalue weighted by molar-refractivity contribution is 5.63. The van der Waals surface area contributed by atoms with Crippen LogP contribution >= 0.6 is 0 Å². The van der Waals surface area contributed by atoms with Gasteiger partial charge >= 0.3 is 6.16 Å². The van der Waals surface area contributed by atoms with E-state index in [1.54, 1.807) is 19.1 Å². The lowest BCUT2D eigenvalue weighted by atomic mass is 9.78. The highest BCUT2D eigenvalue weighted by Gasteiger charge is 2.22. The first-order valence-electron chi connectivity index (χ1n) is 7.04. The smallest absolute Gasteiger partial charge is 0.434 e. The molecule has 0 amide bonds. The number of carbonyl (C=O) groups excluding carboxylic acids is 1. The van der Waals surface area contributed by atoms with Gasteiger partial charge in [0.25, 0.3) is 0 Å². The molecule has 2 rings (SSSR count). The summed E-state index contributed by atoms with van der Waals surface area (Å²) in [6, 6.07) is 17.8. The summed E-state index contributed by atoms with van der Waals surface area (Å²) in [5.74, 6) is 0.487. The van der Waals surface area contributed by atoms with Crippen LogP contribution in [0.15, 0.2) is 54.6 Å². The van der Waals surface area contributed by atoms with E-state index in [-0.39, 0.29) is 5.41 Å². The standard InChI is InChI=1S/C18H20O3/c1-4-20-17(19)21-16-12-10-15(11-13-16)18(2,3)14-8-6-5-7-9-14/h5-13H,4H2,1-3H3. The van der Waals surface area contributed by atoms with Gasteiger partial charge < -0.3 is 9.47 Å². The lowest BCUT2D eigenvalue weighted by Crippen LogP contribution is -2.18. The monoisotopic (exact) mass is 284 g/mol. The first-order chi connectivity index (χ1) is 10.0. The van der Waals surface area contributed by atoms with Crippen LogP contribution in [0.5, 0.6) is 5.75 Å². The molecule has 0 heterocycles. The maximum Gasteiger partial charge on any atom is 0.513 e. The van der Waals surface area contributed by atoms with E-state index in [2.05, 4.69) is 26.0 Å². The third kappa shape index (κ3) is 3.63. The van der Waals surface area contributed by atoms with Crippen molar-refractivity contribution in [2.75, 3.05) is 6.61 Å². The highest BCUT2D eigenvalue weighted by atomic mass is 16.7. The fraction of sp³-hybridized carbons (Fsp3) is 0.278. The number of ether oxygens (including phenoxy) is 2. The highest BCUT2D eigenvalue weighted by Crippen LogP contribution is 2.32. The normalized spacial score (nSPS) is 11.0. The quantitative estimate of drug-likeness (QED) is 0.610. The Morgan fingerprint density at radius 2 is 1.52 bits per heavy atom. The lowest BCUT2D eigenvalue weighted by Gasteiger charge is -2.26. The van der Waals surface area contributed by atoms with Crippen molar-refractivity contribution < 1.29 is 14.3 Å². The van der Waals surface area contributed by atoms with Crippen LogP contribution in [-0.2, 0) is 10.2 Å². The van der Waals surface area contributed by atoms with Gasteiger partial charge in [-0.3, -0.25) is 0 Å². The fourth-order valence-electron chi connectivity index (χ4n) is 2.20. The van der Waals surface area contributed by atoms with Crippen molar-refractivity contribution in [2.45, 2.75) is 26.2 Å². The van der Waals surface area contributed by atoms with Gasteiger partial charge in [0.15, 0.2) is 0 Å².